The molecule has 7 aliphatic rings. The van der Waals surface area contributed by atoms with Gasteiger partial charge in [-0.1, -0.05) is 39.2 Å². The molecule has 3 aromatic rings. The first-order valence-electron chi connectivity index (χ1n) is 22.2. The maximum absolute atomic E-state index is 15.1. The molecule has 0 aromatic heterocycles. The predicted molar refractivity (Wildman–Crippen MR) is 235 cm³/mol. The van der Waals surface area contributed by atoms with Gasteiger partial charge < -0.3 is 38.3 Å². The van der Waals surface area contributed by atoms with Gasteiger partial charge >= 0.3 is 17.9 Å². The molecule has 2 unspecified atom stereocenters. The van der Waals surface area contributed by atoms with E-state index in [0.717, 1.165) is 36.0 Å². The highest BCUT2D eigenvalue weighted by Gasteiger charge is 2.62. The van der Waals surface area contributed by atoms with Crippen LogP contribution in [0, 0.1) is 31.1 Å². The number of benzene rings is 3. The fourth-order valence-electron chi connectivity index (χ4n) is 11.3. The van der Waals surface area contributed by atoms with E-state index in [9.17, 15) is 20.0 Å². The number of likely N-dealkylation sites (N-methyl/N-ethyl adjacent to an activating group) is 1. The van der Waals surface area contributed by atoms with E-state index in [2.05, 4.69) is 28.1 Å². The highest BCUT2D eigenvalue weighted by molar-refractivity contribution is 7.99. The number of nitriles is 1. The number of rotatable bonds is 9. The van der Waals surface area contributed by atoms with Crippen molar-refractivity contribution >= 4 is 29.7 Å². The molecule has 7 aliphatic heterocycles. The van der Waals surface area contributed by atoms with E-state index >= 15 is 4.79 Å². The van der Waals surface area contributed by atoms with Crippen LogP contribution in [0.1, 0.15) is 108 Å². The fourth-order valence-corrected chi connectivity index (χ4v) is 13.0. The molecule has 2 fully saturated rings. The second-order valence-corrected chi connectivity index (χ2v) is 19.0. The van der Waals surface area contributed by atoms with Crippen LogP contribution in [-0.4, -0.2) is 97.9 Å². The zero-order valence-electron chi connectivity index (χ0n) is 37.6. The molecule has 10 rings (SSSR count). The van der Waals surface area contributed by atoms with Crippen LogP contribution in [0.2, 0.25) is 0 Å². The van der Waals surface area contributed by atoms with Gasteiger partial charge in [-0.15, -0.1) is 11.8 Å². The van der Waals surface area contributed by atoms with Gasteiger partial charge in [-0.3, -0.25) is 24.7 Å². The summed E-state index contributed by atoms with van der Waals surface area (Å²) in [6.07, 6.45) is 4.73. The Labute approximate surface area is 377 Å². The lowest BCUT2D eigenvalue weighted by Gasteiger charge is -2.62. The van der Waals surface area contributed by atoms with Crippen LogP contribution in [-0.2, 0) is 37.5 Å². The molecule has 64 heavy (non-hydrogen) atoms. The molecule has 0 amide bonds. The molecule has 7 heterocycles. The third-order valence-electron chi connectivity index (χ3n) is 14.3. The largest absolute Gasteiger partial charge is 0.504 e. The van der Waals surface area contributed by atoms with Crippen LogP contribution in [0.5, 0.6) is 40.2 Å². The number of aryl methyl sites for hydroxylation is 1. The molecule has 4 bridgehead atoms. The summed E-state index contributed by atoms with van der Waals surface area (Å²) in [5.74, 6) is 0.632. The number of thioether (sulfide) groups is 1. The number of carbonyl (C=O) groups is 3. The van der Waals surface area contributed by atoms with E-state index in [-0.39, 0.29) is 48.6 Å². The minimum absolute atomic E-state index is 0.0353. The Bertz CT molecular complexity index is 2470. The van der Waals surface area contributed by atoms with Crippen LogP contribution < -0.4 is 33.7 Å². The summed E-state index contributed by atoms with van der Waals surface area (Å²) in [6.45, 7) is 9.23. The molecule has 16 heteroatoms. The first kappa shape index (κ1) is 44.0. The van der Waals surface area contributed by atoms with Crippen LogP contribution in [0.15, 0.2) is 18.2 Å². The van der Waals surface area contributed by atoms with E-state index in [1.807, 2.05) is 33.9 Å². The summed E-state index contributed by atoms with van der Waals surface area (Å²) < 4.78 is 42.8. The Hall–Kier alpha value is -5.21. The average molecular weight is 897 g/mol. The number of phenols is 1. The van der Waals surface area contributed by atoms with Crippen molar-refractivity contribution < 1.29 is 52.6 Å². The van der Waals surface area contributed by atoms with E-state index in [1.165, 1.54) is 32.9 Å². The number of esters is 3. The smallest absolute Gasteiger partial charge is 0.331 e. The minimum atomic E-state index is -1.42. The Kier molecular flexibility index (Phi) is 11.7. The number of nitrogens with one attached hydrogen (secondary N) is 1. The summed E-state index contributed by atoms with van der Waals surface area (Å²) in [4.78, 5) is 45.9. The van der Waals surface area contributed by atoms with Crippen molar-refractivity contribution in [2.45, 2.75) is 114 Å². The van der Waals surface area contributed by atoms with Crippen molar-refractivity contribution in [1.82, 2.24) is 15.1 Å². The first-order valence-corrected chi connectivity index (χ1v) is 23.2. The lowest BCUT2D eigenvalue weighted by atomic mass is 9.71. The van der Waals surface area contributed by atoms with E-state index in [1.54, 1.807) is 12.1 Å². The lowest BCUT2D eigenvalue weighted by molar-refractivity contribution is -0.157. The Morgan fingerprint density at radius 3 is 2.53 bits per heavy atom. The monoisotopic (exact) mass is 896 g/mol. The van der Waals surface area contributed by atoms with Gasteiger partial charge in [-0.2, -0.15) is 5.26 Å². The van der Waals surface area contributed by atoms with Crippen molar-refractivity contribution in [3.8, 4) is 46.3 Å². The normalized spacial score (nSPS) is 27.0. The van der Waals surface area contributed by atoms with Gasteiger partial charge in [0.15, 0.2) is 40.0 Å². The van der Waals surface area contributed by atoms with Crippen molar-refractivity contribution in [1.29, 1.82) is 5.26 Å². The molecule has 0 radical (unpaired) electrons. The Balaban J connectivity index is 1.23. The van der Waals surface area contributed by atoms with Crippen molar-refractivity contribution in [3.63, 3.8) is 0 Å². The maximum atomic E-state index is 15.1. The summed E-state index contributed by atoms with van der Waals surface area (Å²) in [6, 6.07) is 5.43. The predicted octanol–water partition coefficient (Wildman–Crippen LogP) is 6.40. The van der Waals surface area contributed by atoms with Crippen LogP contribution >= 0.6 is 11.8 Å². The van der Waals surface area contributed by atoms with E-state index < -0.39 is 46.9 Å². The number of hydrogen-bond acceptors (Lipinski definition) is 16. The first-order chi connectivity index (χ1) is 30.8. The molecule has 0 aliphatic carbocycles. The number of phenolic OH excluding ortho intramolecular Hbond substituents is 1. The number of unbranched alkanes of at least 4 members (excludes halogenated alkanes) is 2. The standard InChI is InChI=1S/C48H56N4O11S/c1-9-10-11-12-23(2)46(55)63-34-17-27-13-14-50-48(29(27)18-33(34)57-7)21-64-45-37-36(44-43(60-22-61-44)25(4)42(37)62-26(5)53)32(20-59-47(48)56)52-31(19-49)30-16-28-15-24(3)41(58-8)40(54)35(28)38(39(45)52)51(30)6/h15,17-18,23,30-32,38-39,45,50,54H,9-14,16,20-22H2,1-8H3/t23?,30-,31-,32-,38-,39?,45+,48+/m0/s1. The van der Waals surface area contributed by atoms with Gasteiger partial charge in [0.2, 0.25) is 6.79 Å². The maximum Gasteiger partial charge on any atom is 0.331 e. The summed E-state index contributed by atoms with van der Waals surface area (Å²) >= 11 is 1.48. The van der Waals surface area contributed by atoms with Gasteiger partial charge in [-0.25, -0.2) is 4.79 Å². The van der Waals surface area contributed by atoms with Crippen LogP contribution in [0.4, 0.5) is 0 Å². The van der Waals surface area contributed by atoms with Gasteiger partial charge in [0.1, 0.15) is 18.4 Å². The zero-order valence-corrected chi connectivity index (χ0v) is 38.4. The second kappa shape index (κ2) is 17.0. The average Bonchev–Trinajstić information content (AvgIpc) is 3.76. The molecule has 15 nitrogen and oxygen atoms in total. The Morgan fingerprint density at radius 1 is 1.03 bits per heavy atom. The number of carbonyl (C=O) groups excluding carboxylic acids is 3. The molecule has 8 atom stereocenters. The highest BCUT2D eigenvalue weighted by Crippen LogP contribution is 2.64. The SMILES string of the molecule is CCCCCC(C)C(=O)Oc1cc2c(cc1OC)[C@@]1(CS[C@@H]3c4c(OC(C)=O)c(C)c5c(c4[C@H](COC1=O)N1C3[C@@H]3c4c(cc(C)c(OC)c4O)C[C@@H]([C@@H]1C#N)N3C)OCO5)NCC2. The molecular weight excluding hydrogens is 841 g/mol. The number of piperazine rings is 1. The zero-order chi connectivity index (χ0) is 45.4. The summed E-state index contributed by atoms with van der Waals surface area (Å²) in [5.41, 5.74) is 4.33. The number of fused-ring (bicyclic) bond motifs is 9. The third-order valence-corrected chi connectivity index (χ3v) is 15.7. The van der Waals surface area contributed by atoms with Crippen LogP contribution in [0.3, 0.4) is 0 Å². The molecule has 3 aromatic carbocycles. The number of aromatic hydroxyl groups is 1. The van der Waals surface area contributed by atoms with Crippen molar-refractivity contribution in [3.05, 3.63) is 62.7 Å². The van der Waals surface area contributed by atoms with E-state index in [0.29, 0.717) is 82.4 Å². The number of nitrogens with zero attached hydrogens (tertiary/aromatic N) is 3. The van der Waals surface area contributed by atoms with Gasteiger partial charge in [-0.05, 0) is 74.5 Å². The van der Waals surface area contributed by atoms with Crippen molar-refractivity contribution in [2.75, 3.05) is 47.0 Å². The molecular formula is C48H56N4O11S. The summed E-state index contributed by atoms with van der Waals surface area (Å²) in [7, 11) is 5.04. The Morgan fingerprint density at radius 2 is 1.81 bits per heavy atom. The number of ether oxygens (including phenoxy) is 7. The lowest BCUT2D eigenvalue weighted by Crippen LogP contribution is -2.69. The molecule has 0 saturated carbocycles. The number of hydrogen-bond donors (Lipinski definition) is 2. The quantitative estimate of drug-likeness (QED) is 0.137. The van der Waals surface area contributed by atoms with Crippen molar-refractivity contribution in [2.24, 2.45) is 5.92 Å². The topological polar surface area (TPSA) is 178 Å². The number of methoxy groups -OCH3 is 2. The molecule has 2 saturated heterocycles. The highest BCUT2D eigenvalue weighted by atomic mass is 32.2. The second-order valence-electron chi connectivity index (χ2n) is 17.9. The van der Waals surface area contributed by atoms with Gasteiger partial charge in [0.25, 0.3) is 0 Å². The molecule has 2 N–H and O–H groups in total. The third kappa shape index (κ3) is 6.75. The van der Waals surface area contributed by atoms with E-state index in [4.69, 9.17) is 33.2 Å². The molecule has 340 valence electrons. The molecule has 1 spiro atoms. The van der Waals surface area contributed by atoms with Gasteiger partial charge in [0, 0.05) is 53.6 Å². The van der Waals surface area contributed by atoms with Crippen LogP contribution in [0.25, 0.3) is 0 Å². The van der Waals surface area contributed by atoms with Gasteiger partial charge in [0.05, 0.1) is 43.5 Å². The summed E-state index contributed by atoms with van der Waals surface area (Å²) in [5, 5.41) is 26.4. The fraction of sp³-hybridized carbons (Fsp3) is 0.542. The minimum Gasteiger partial charge on any atom is -0.504 e.